The number of carbonyl (C=O) groups is 1. The molecule has 1 amide bonds. The fourth-order valence-corrected chi connectivity index (χ4v) is 2.59. The maximum Gasteiger partial charge on any atom is 0.234 e. The Balaban J connectivity index is 2.10. The predicted octanol–water partition coefficient (Wildman–Crippen LogP) is 0.944. The van der Waals surface area contributed by atoms with Crippen LogP contribution in [-0.4, -0.2) is 43.0 Å². The van der Waals surface area contributed by atoms with Gasteiger partial charge in [-0.05, 0) is 25.5 Å². The highest BCUT2D eigenvalue weighted by Crippen LogP contribution is 2.21. The van der Waals surface area contributed by atoms with Crippen LogP contribution in [0.25, 0.3) is 0 Å². The van der Waals surface area contributed by atoms with Gasteiger partial charge in [0.15, 0.2) is 0 Å². The molecule has 1 unspecified atom stereocenters. The van der Waals surface area contributed by atoms with Crippen LogP contribution < -0.4 is 10.6 Å². The summed E-state index contributed by atoms with van der Waals surface area (Å²) in [7, 11) is 0. The van der Waals surface area contributed by atoms with Crippen molar-refractivity contribution in [3.05, 3.63) is 29.8 Å². The zero-order valence-electron chi connectivity index (χ0n) is 11.7. The fourth-order valence-electron chi connectivity index (χ4n) is 2.59. The molecule has 1 saturated heterocycles. The second-order valence-electron chi connectivity index (χ2n) is 5.08. The quantitative estimate of drug-likeness (QED) is 0.889. The van der Waals surface area contributed by atoms with E-state index < -0.39 is 0 Å². The van der Waals surface area contributed by atoms with Gasteiger partial charge < -0.3 is 10.6 Å². The largest absolute Gasteiger partial charge is 0.369 e. The third kappa shape index (κ3) is 3.09. The van der Waals surface area contributed by atoms with Crippen LogP contribution in [-0.2, 0) is 4.79 Å². The minimum absolute atomic E-state index is 0.235. The third-order valence-electron chi connectivity index (χ3n) is 3.86. The van der Waals surface area contributed by atoms with E-state index in [2.05, 4.69) is 15.9 Å². The van der Waals surface area contributed by atoms with Gasteiger partial charge in [0.05, 0.1) is 17.3 Å². The van der Waals surface area contributed by atoms with Crippen molar-refractivity contribution in [2.45, 2.75) is 19.4 Å². The van der Waals surface area contributed by atoms with Gasteiger partial charge in [-0.15, -0.1) is 0 Å². The standard InChI is InChI=1S/C15H20N4O/c1-12(15(17)20)18-7-4-8-19(10-9-18)14-6-3-2-5-13(14)11-16/h2-3,5-6,12H,4,7-10H2,1H3,(H2,17,20). The number of benzene rings is 1. The Hall–Kier alpha value is -2.06. The van der Waals surface area contributed by atoms with E-state index in [1.807, 2.05) is 31.2 Å². The molecule has 5 heteroatoms. The van der Waals surface area contributed by atoms with Gasteiger partial charge in [0.1, 0.15) is 6.07 Å². The van der Waals surface area contributed by atoms with E-state index in [0.29, 0.717) is 5.56 Å². The maximum atomic E-state index is 11.3. The van der Waals surface area contributed by atoms with Crippen molar-refractivity contribution in [2.75, 3.05) is 31.1 Å². The lowest BCUT2D eigenvalue weighted by molar-refractivity contribution is -0.122. The Kier molecular flexibility index (Phi) is 4.59. The number of carbonyl (C=O) groups excluding carboxylic acids is 1. The van der Waals surface area contributed by atoms with E-state index in [0.717, 1.165) is 38.3 Å². The summed E-state index contributed by atoms with van der Waals surface area (Å²) >= 11 is 0. The lowest BCUT2D eigenvalue weighted by Gasteiger charge is -2.26. The number of primary amides is 1. The SMILES string of the molecule is CC(C(N)=O)N1CCCN(c2ccccc2C#N)CC1. The van der Waals surface area contributed by atoms with Gasteiger partial charge in [0, 0.05) is 26.2 Å². The summed E-state index contributed by atoms with van der Waals surface area (Å²) < 4.78 is 0. The van der Waals surface area contributed by atoms with Crippen LogP contribution in [0.4, 0.5) is 5.69 Å². The van der Waals surface area contributed by atoms with Crippen molar-refractivity contribution in [1.29, 1.82) is 5.26 Å². The molecular formula is C15H20N4O. The minimum atomic E-state index is -0.282. The summed E-state index contributed by atoms with van der Waals surface area (Å²) in [4.78, 5) is 15.6. The second-order valence-corrected chi connectivity index (χ2v) is 5.08. The summed E-state index contributed by atoms with van der Waals surface area (Å²) in [5.74, 6) is -0.282. The topological polar surface area (TPSA) is 73.4 Å². The molecule has 2 rings (SSSR count). The van der Waals surface area contributed by atoms with Crippen LogP contribution in [0.2, 0.25) is 0 Å². The smallest absolute Gasteiger partial charge is 0.234 e. The predicted molar refractivity (Wildman–Crippen MR) is 78.2 cm³/mol. The lowest BCUT2D eigenvalue weighted by atomic mass is 10.1. The first-order valence-electron chi connectivity index (χ1n) is 6.91. The van der Waals surface area contributed by atoms with Gasteiger partial charge in [-0.25, -0.2) is 0 Å². The maximum absolute atomic E-state index is 11.3. The number of para-hydroxylation sites is 1. The number of hydrogen-bond acceptors (Lipinski definition) is 4. The Morgan fingerprint density at radius 3 is 2.75 bits per heavy atom. The molecule has 1 heterocycles. The number of rotatable bonds is 3. The molecule has 2 N–H and O–H groups in total. The van der Waals surface area contributed by atoms with E-state index in [9.17, 15) is 10.1 Å². The molecule has 0 bridgehead atoms. The zero-order valence-corrected chi connectivity index (χ0v) is 11.7. The monoisotopic (exact) mass is 272 g/mol. The van der Waals surface area contributed by atoms with Crippen molar-refractivity contribution < 1.29 is 4.79 Å². The van der Waals surface area contributed by atoms with Crippen LogP contribution in [0, 0.1) is 11.3 Å². The highest BCUT2D eigenvalue weighted by molar-refractivity contribution is 5.79. The van der Waals surface area contributed by atoms with E-state index in [-0.39, 0.29) is 11.9 Å². The van der Waals surface area contributed by atoms with Gasteiger partial charge in [0.2, 0.25) is 5.91 Å². The molecule has 20 heavy (non-hydrogen) atoms. The molecule has 106 valence electrons. The molecule has 1 aromatic carbocycles. The Labute approximate surface area is 119 Å². The zero-order chi connectivity index (χ0) is 14.5. The summed E-state index contributed by atoms with van der Waals surface area (Å²) in [5, 5.41) is 9.18. The first kappa shape index (κ1) is 14.4. The van der Waals surface area contributed by atoms with E-state index in [1.54, 1.807) is 0 Å². The van der Waals surface area contributed by atoms with Crippen LogP contribution in [0.5, 0.6) is 0 Å². The van der Waals surface area contributed by atoms with Gasteiger partial charge in [0.25, 0.3) is 0 Å². The van der Waals surface area contributed by atoms with E-state index >= 15 is 0 Å². The summed E-state index contributed by atoms with van der Waals surface area (Å²) in [5.41, 5.74) is 7.05. The first-order chi connectivity index (χ1) is 9.63. The Morgan fingerprint density at radius 2 is 2.05 bits per heavy atom. The average molecular weight is 272 g/mol. The minimum Gasteiger partial charge on any atom is -0.369 e. The molecule has 1 aromatic rings. The van der Waals surface area contributed by atoms with Gasteiger partial charge in [-0.2, -0.15) is 5.26 Å². The lowest BCUT2D eigenvalue weighted by Crippen LogP contribution is -2.44. The molecule has 1 fully saturated rings. The van der Waals surface area contributed by atoms with Crippen molar-refractivity contribution in [3.63, 3.8) is 0 Å². The van der Waals surface area contributed by atoms with E-state index in [4.69, 9.17) is 5.73 Å². The molecular weight excluding hydrogens is 252 g/mol. The molecule has 0 radical (unpaired) electrons. The molecule has 0 aliphatic carbocycles. The molecule has 1 aliphatic heterocycles. The van der Waals surface area contributed by atoms with Gasteiger partial charge >= 0.3 is 0 Å². The number of amides is 1. The normalized spacial score (nSPS) is 18.1. The second kappa shape index (κ2) is 6.40. The first-order valence-corrected chi connectivity index (χ1v) is 6.91. The molecule has 5 nitrogen and oxygen atoms in total. The average Bonchev–Trinajstić information content (AvgIpc) is 2.72. The highest BCUT2D eigenvalue weighted by Gasteiger charge is 2.23. The molecule has 0 saturated carbocycles. The molecule has 1 atom stereocenters. The van der Waals surface area contributed by atoms with Crippen molar-refractivity contribution in [2.24, 2.45) is 5.73 Å². The van der Waals surface area contributed by atoms with Crippen molar-refractivity contribution in [3.8, 4) is 6.07 Å². The van der Waals surface area contributed by atoms with Crippen LogP contribution in [0.1, 0.15) is 18.9 Å². The van der Waals surface area contributed by atoms with Crippen LogP contribution >= 0.6 is 0 Å². The van der Waals surface area contributed by atoms with Crippen LogP contribution in [0.3, 0.4) is 0 Å². The molecule has 0 spiro atoms. The molecule has 1 aliphatic rings. The Morgan fingerprint density at radius 1 is 1.30 bits per heavy atom. The number of nitriles is 1. The fraction of sp³-hybridized carbons (Fsp3) is 0.467. The number of hydrogen-bond donors (Lipinski definition) is 1. The highest BCUT2D eigenvalue weighted by atomic mass is 16.1. The number of nitrogens with two attached hydrogens (primary N) is 1. The number of anilines is 1. The number of nitrogens with zero attached hydrogens (tertiary/aromatic N) is 3. The van der Waals surface area contributed by atoms with Crippen LogP contribution in [0.15, 0.2) is 24.3 Å². The summed E-state index contributed by atoms with van der Waals surface area (Å²) in [6, 6.07) is 9.64. The van der Waals surface area contributed by atoms with E-state index in [1.165, 1.54) is 0 Å². The Bertz CT molecular complexity index is 523. The third-order valence-corrected chi connectivity index (χ3v) is 3.86. The summed E-state index contributed by atoms with van der Waals surface area (Å²) in [6.07, 6.45) is 0.956. The summed E-state index contributed by atoms with van der Waals surface area (Å²) in [6.45, 7) is 5.18. The van der Waals surface area contributed by atoms with Crippen molar-refractivity contribution >= 4 is 11.6 Å². The van der Waals surface area contributed by atoms with Crippen molar-refractivity contribution in [1.82, 2.24) is 4.90 Å². The molecule has 0 aromatic heterocycles. The van der Waals surface area contributed by atoms with Gasteiger partial charge in [-0.3, -0.25) is 9.69 Å². The van der Waals surface area contributed by atoms with Gasteiger partial charge in [-0.1, -0.05) is 12.1 Å².